The van der Waals surface area contributed by atoms with Gasteiger partial charge in [-0.2, -0.15) is 0 Å². The third-order valence-corrected chi connectivity index (χ3v) is 4.71. The van der Waals surface area contributed by atoms with Crippen molar-refractivity contribution >= 4 is 16.5 Å². The summed E-state index contributed by atoms with van der Waals surface area (Å²) in [6, 6.07) is 7.47. The first-order chi connectivity index (χ1) is 9.31. The average molecular weight is 252 g/mol. The van der Waals surface area contributed by atoms with Crippen LogP contribution in [-0.2, 0) is 0 Å². The molecule has 4 rings (SSSR count). The number of nitrogens with zero attached hydrogens (tertiary/aromatic N) is 1. The van der Waals surface area contributed by atoms with Crippen molar-refractivity contribution in [3.05, 3.63) is 41.6 Å². The number of aromatic amines is 1. The van der Waals surface area contributed by atoms with Gasteiger partial charge in [0.1, 0.15) is 0 Å². The Morgan fingerprint density at radius 1 is 1.32 bits per heavy atom. The Morgan fingerprint density at radius 3 is 3.21 bits per heavy atom. The molecule has 3 heterocycles. The number of nitrogens with one attached hydrogen (secondary N) is 1. The minimum atomic E-state index is 0.787. The summed E-state index contributed by atoms with van der Waals surface area (Å²) >= 11 is 0. The Hall–Kier alpha value is -1.54. The van der Waals surface area contributed by atoms with Gasteiger partial charge in [0.25, 0.3) is 0 Å². The summed E-state index contributed by atoms with van der Waals surface area (Å²) in [5, 5.41) is 1.39. The van der Waals surface area contributed by atoms with E-state index < -0.39 is 0 Å². The van der Waals surface area contributed by atoms with Gasteiger partial charge < -0.3 is 4.98 Å². The lowest BCUT2D eigenvalue weighted by atomic mass is 9.93. The SMILES string of the molecule is Cc1ccc2[nH]cc(C3=CCN4CCCC4C3)c2c1. The highest BCUT2D eigenvalue weighted by Crippen LogP contribution is 2.35. The second kappa shape index (κ2) is 4.24. The molecule has 1 aromatic carbocycles. The van der Waals surface area contributed by atoms with Gasteiger partial charge in [-0.1, -0.05) is 17.7 Å². The van der Waals surface area contributed by atoms with Crippen LogP contribution in [0.4, 0.5) is 0 Å². The van der Waals surface area contributed by atoms with E-state index in [9.17, 15) is 0 Å². The maximum atomic E-state index is 3.42. The van der Waals surface area contributed by atoms with Gasteiger partial charge in [-0.3, -0.25) is 4.90 Å². The second-order valence-electron chi connectivity index (χ2n) is 5.98. The molecule has 2 heteroatoms. The predicted octanol–water partition coefficient (Wildman–Crippen LogP) is 3.73. The van der Waals surface area contributed by atoms with Gasteiger partial charge in [-0.15, -0.1) is 0 Å². The molecule has 1 fully saturated rings. The molecule has 0 bridgehead atoms. The summed E-state index contributed by atoms with van der Waals surface area (Å²) in [4.78, 5) is 6.05. The van der Waals surface area contributed by atoms with Crippen molar-refractivity contribution in [2.45, 2.75) is 32.2 Å². The Labute approximate surface area is 114 Å². The number of aryl methyl sites for hydroxylation is 1. The van der Waals surface area contributed by atoms with E-state index >= 15 is 0 Å². The van der Waals surface area contributed by atoms with E-state index in [1.807, 2.05) is 0 Å². The highest BCUT2D eigenvalue weighted by Gasteiger charge is 2.28. The fraction of sp³-hybridized carbons (Fsp3) is 0.412. The van der Waals surface area contributed by atoms with Crippen LogP contribution in [0.5, 0.6) is 0 Å². The van der Waals surface area contributed by atoms with Crippen LogP contribution in [0, 0.1) is 6.92 Å². The summed E-state index contributed by atoms with van der Waals surface area (Å²) in [5.74, 6) is 0. The lowest BCUT2D eigenvalue weighted by Crippen LogP contribution is -2.32. The zero-order chi connectivity index (χ0) is 12.8. The van der Waals surface area contributed by atoms with E-state index in [0.29, 0.717) is 0 Å². The zero-order valence-electron chi connectivity index (χ0n) is 11.4. The molecule has 1 unspecified atom stereocenters. The molecule has 0 saturated carbocycles. The van der Waals surface area contributed by atoms with Crippen LogP contribution in [0.1, 0.15) is 30.4 Å². The molecule has 1 atom stereocenters. The van der Waals surface area contributed by atoms with Crippen molar-refractivity contribution in [2.24, 2.45) is 0 Å². The predicted molar refractivity (Wildman–Crippen MR) is 80.2 cm³/mol. The Bertz CT molecular complexity index is 650. The largest absolute Gasteiger partial charge is 0.361 e. The van der Waals surface area contributed by atoms with Crippen LogP contribution in [0.3, 0.4) is 0 Å². The summed E-state index contributed by atoms with van der Waals surface area (Å²) < 4.78 is 0. The number of hydrogen-bond donors (Lipinski definition) is 1. The Morgan fingerprint density at radius 2 is 2.26 bits per heavy atom. The molecule has 0 aliphatic carbocycles. The van der Waals surface area contributed by atoms with Gasteiger partial charge >= 0.3 is 0 Å². The van der Waals surface area contributed by atoms with Crippen molar-refractivity contribution in [2.75, 3.05) is 13.1 Å². The average Bonchev–Trinajstić information content (AvgIpc) is 3.03. The molecule has 2 nitrogen and oxygen atoms in total. The first-order valence-electron chi connectivity index (χ1n) is 7.32. The molecular weight excluding hydrogens is 232 g/mol. The fourth-order valence-corrected chi connectivity index (χ4v) is 3.65. The van der Waals surface area contributed by atoms with Crippen molar-refractivity contribution in [3.8, 4) is 0 Å². The molecule has 1 aromatic heterocycles. The topological polar surface area (TPSA) is 19.0 Å². The number of aromatic nitrogens is 1. The van der Waals surface area contributed by atoms with E-state index in [-0.39, 0.29) is 0 Å². The molecule has 2 aliphatic rings. The van der Waals surface area contributed by atoms with Crippen LogP contribution in [0.2, 0.25) is 0 Å². The Balaban J connectivity index is 1.76. The van der Waals surface area contributed by atoms with Crippen molar-refractivity contribution in [1.82, 2.24) is 9.88 Å². The smallest absolute Gasteiger partial charge is 0.0460 e. The summed E-state index contributed by atoms with van der Waals surface area (Å²) in [5.41, 5.74) is 5.56. The van der Waals surface area contributed by atoms with Crippen LogP contribution in [0.15, 0.2) is 30.5 Å². The maximum absolute atomic E-state index is 3.42. The van der Waals surface area contributed by atoms with E-state index in [4.69, 9.17) is 0 Å². The van der Waals surface area contributed by atoms with Crippen LogP contribution in [-0.4, -0.2) is 29.0 Å². The van der Waals surface area contributed by atoms with Gasteiger partial charge in [0.15, 0.2) is 0 Å². The lowest BCUT2D eigenvalue weighted by Gasteiger charge is -2.29. The van der Waals surface area contributed by atoms with Gasteiger partial charge in [0, 0.05) is 35.2 Å². The number of hydrogen-bond acceptors (Lipinski definition) is 1. The number of rotatable bonds is 1. The highest BCUT2D eigenvalue weighted by molar-refractivity contribution is 5.93. The van der Waals surface area contributed by atoms with Gasteiger partial charge in [-0.25, -0.2) is 0 Å². The highest BCUT2D eigenvalue weighted by atomic mass is 15.2. The lowest BCUT2D eigenvalue weighted by molar-refractivity contribution is 0.275. The molecule has 1 N–H and O–H groups in total. The van der Waals surface area contributed by atoms with Crippen LogP contribution < -0.4 is 0 Å². The molecule has 0 radical (unpaired) electrons. The van der Waals surface area contributed by atoms with Crippen molar-refractivity contribution in [1.29, 1.82) is 0 Å². The molecular formula is C17H20N2. The van der Waals surface area contributed by atoms with Gasteiger partial charge in [0.05, 0.1) is 0 Å². The summed E-state index contributed by atoms with van der Waals surface area (Å²) in [6.45, 7) is 4.60. The quantitative estimate of drug-likeness (QED) is 0.819. The van der Waals surface area contributed by atoms with Crippen molar-refractivity contribution in [3.63, 3.8) is 0 Å². The van der Waals surface area contributed by atoms with E-state index in [1.54, 1.807) is 5.57 Å². The third kappa shape index (κ3) is 1.82. The molecule has 2 aliphatic heterocycles. The zero-order valence-corrected chi connectivity index (χ0v) is 11.4. The number of H-pyrrole nitrogens is 1. The second-order valence-corrected chi connectivity index (χ2v) is 5.98. The third-order valence-electron chi connectivity index (χ3n) is 4.71. The van der Waals surface area contributed by atoms with Crippen LogP contribution in [0.25, 0.3) is 16.5 Å². The molecule has 1 saturated heterocycles. The Kier molecular flexibility index (Phi) is 2.52. The number of fused-ring (bicyclic) bond motifs is 2. The summed E-state index contributed by atoms with van der Waals surface area (Å²) in [7, 11) is 0. The van der Waals surface area contributed by atoms with Gasteiger partial charge in [-0.05, 0) is 50.4 Å². The number of benzene rings is 1. The first-order valence-corrected chi connectivity index (χ1v) is 7.32. The molecule has 0 amide bonds. The molecule has 19 heavy (non-hydrogen) atoms. The summed E-state index contributed by atoms with van der Waals surface area (Å²) in [6.07, 6.45) is 8.60. The van der Waals surface area contributed by atoms with E-state index in [2.05, 4.69) is 47.3 Å². The fourth-order valence-electron chi connectivity index (χ4n) is 3.65. The molecule has 2 aromatic rings. The molecule has 0 spiro atoms. The standard InChI is InChI=1S/C17H20N2/c1-12-4-5-17-15(9-12)16(11-18-17)13-6-8-19-7-2-3-14(19)10-13/h4-6,9,11,14,18H,2-3,7-8,10H2,1H3. The normalized spacial score (nSPS) is 23.6. The monoisotopic (exact) mass is 252 g/mol. The van der Waals surface area contributed by atoms with Crippen molar-refractivity contribution < 1.29 is 0 Å². The molecule has 98 valence electrons. The minimum absolute atomic E-state index is 0.787. The van der Waals surface area contributed by atoms with Gasteiger partial charge in [0.2, 0.25) is 0 Å². The minimum Gasteiger partial charge on any atom is -0.361 e. The maximum Gasteiger partial charge on any atom is 0.0460 e. The van der Waals surface area contributed by atoms with E-state index in [1.165, 1.54) is 47.8 Å². The first kappa shape index (κ1) is 11.3. The van der Waals surface area contributed by atoms with Crippen LogP contribution >= 0.6 is 0 Å². The van der Waals surface area contributed by atoms with E-state index in [0.717, 1.165) is 12.6 Å².